The van der Waals surface area contributed by atoms with Crippen molar-refractivity contribution in [2.45, 2.75) is 13.0 Å². The standard InChI is InChI=1S/C15H14N4/c1-11(14-8-4-5-9-16-14)18-15-13-7-3-2-6-12(13)10-17-19-15/h2-11H,1H3,(H,18,19). The second kappa shape index (κ2) is 5.02. The van der Waals surface area contributed by atoms with Crippen molar-refractivity contribution in [2.24, 2.45) is 0 Å². The van der Waals surface area contributed by atoms with Crippen LogP contribution < -0.4 is 5.32 Å². The summed E-state index contributed by atoms with van der Waals surface area (Å²) in [5, 5.41) is 13.7. The van der Waals surface area contributed by atoms with Gasteiger partial charge in [-0.2, -0.15) is 5.10 Å². The van der Waals surface area contributed by atoms with E-state index in [1.54, 1.807) is 12.4 Å². The normalized spacial score (nSPS) is 12.3. The Bertz CT molecular complexity index is 677. The van der Waals surface area contributed by atoms with Crippen molar-refractivity contribution in [3.63, 3.8) is 0 Å². The molecule has 3 rings (SSSR count). The highest BCUT2D eigenvalue weighted by Crippen LogP contribution is 2.23. The van der Waals surface area contributed by atoms with E-state index < -0.39 is 0 Å². The molecule has 3 aromatic rings. The van der Waals surface area contributed by atoms with Gasteiger partial charge >= 0.3 is 0 Å². The van der Waals surface area contributed by atoms with Gasteiger partial charge in [0, 0.05) is 17.0 Å². The molecule has 19 heavy (non-hydrogen) atoms. The molecule has 0 aliphatic heterocycles. The second-order valence-corrected chi connectivity index (χ2v) is 4.40. The number of nitrogens with zero attached hydrogens (tertiary/aromatic N) is 3. The summed E-state index contributed by atoms with van der Waals surface area (Å²) >= 11 is 0. The molecular weight excluding hydrogens is 236 g/mol. The number of benzene rings is 1. The van der Waals surface area contributed by atoms with Gasteiger partial charge in [0.25, 0.3) is 0 Å². The zero-order valence-corrected chi connectivity index (χ0v) is 10.6. The minimum Gasteiger partial charge on any atom is -0.360 e. The highest BCUT2D eigenvalue weighted by Gasteiger charge is 2.09. The summed E-state index contributed by atoms with van der Waals surface area (Å²) in [5.74, 6) is 0.788. The molecule has 0 saturated carbocycles. The highest BCUT2D eigenvalue weighted by molar-refractivity contribution is 5.90. The van der Waals surface area contributed by atoms with Crippen LogP contribution in [0.2, 0.25) is 0 Å². The van der Waals surface area contributed by atoms with Crippen LogP contribution in [-0.4, -0.2) is 15.2 Å². The second-order valence-electron chi connectivity index (χ2n) is 4.40. The Morgan fingerprint density at radius 2 is 1.89 bits per heavy atom. The quantitative estimate of drug-likeness (QED) is 0.775. The van der Waals surface area contributed by atoms with Gasteiger partial charge in [0.05, 0.1) is 17.9 Å². The van der Waals surface area contributed by atoms with Gasteiger partial charge in [-0.25, -0.2) is 0 Å². The van der Waals surface area contributed by atoms with Crippen LogP contribution >= 0.6 is 0 Å². The van der Waals surface area contributed by atoms with Crippen molar-refractivity contribution < 1.29 is 0 Å². The van der Waals surface area contributed by atoms with Crippen molar-refractivity contribution in [2.75, 3.05) is 5.32 Å². The summed E-state index contributed by atoms with van der Waals surface area (Å²) in [6.07, 6.45) is 3.56. The maximum atomic E-state index is 4.34. The summed E-state index contributed by atoms with van der Waals surface area (Å²) in [4.78, 5) is 4.34. The third-order valence-corrected chi connectivity index (χ3v) is 3.06. The van der Waals surface area contributed by atoms with E-state index in [1.165, 1.54) is 0 Å². The summed E-state index contributed by atoms with van der Waals surface area (Å²) in [5.41, 5.74) is 0.984. The zero-order chi connectivity index (χ0) is 13.1. The van der Waals surface area contributed by atoms with Crippen LogP contribution in [0.5, 0.6) is 0 Å². The van der Waals surface area contributed by atoms with Crippen LogP contribution in [0.15, 0.2) is 54.9 Å². The van der Waals surface area contributed by atoms with E-state index in [2.05, 4.69) is 27.4 Å². The molecular formula is C15H14N4. The Kier molecular flexibility index (Phi) is 3.06. The molecule has 94 valence electrons. The first-order chi connectivity index (χ1) is 9.34. The number of rotatable bonds is 3. The van der Waals surface area contributed by atoms with E-state index in [4.69, 9.17) is 0 Å². The first-order valence-corrected chi connectivity index (χ1v) is 6.22. The van der Waals surface area contributed by atoms with E-state index in [9.17, 15) is 0 Å². The first kappa shape index (κ1) is 11.6. The van der Waals surface area contributed by atoms with Gasteiger partial charge in [-0.1, -0.05) is 30.3 Å². The smallest absolute Gasteiger partial charge is 0.157 e. The van der Waals surface area contributed by atoms with Gasteiger partial charge in [0.1, 0.15) is 0 Å². The minimum absolute atomic E-state index is 0.0845. The number of hydrogen-bond acceptors (Lipinski definition) is 4. The molecule has 0 spiro atoms. The molecule has 0 fully saturated rings. The molecule has 1 N–H and O–H groups in total. The Morgan fingerprint density at radius 3 is 2.74 bits per heavy atom. The van der Waals surface area contributed by atoms with Gasteiger partial charge in [0.15, 0.2) is 5.82 Å². The van der Waals surface area contributed by atoms with Crippen molar-refractivity contribution in [1.29, 1.82) is 0 Å². The van der Waals surface area contributed by atoms with E-state index >= 15 is 0 Å². The lowest BCUT2D eigenvalue weighted by Crippen LogP contribution is -2.10. The number of aromatic nitrogens is 3. The third kappa shape index (κ3) is 2.38. The summed E-state index contributed by atoms with van der Waals surface area (Å²) in [7, 11) is 0. The molecule has 2 heterocycles. The van der Waals surface area contributed by atoms with Gasteiger partial charge in [0.2, 0.25) is 0 Å². The Balaban J connectivity index is 1.94. The molecule has 0 bridgehead atoms. The lowest BCUT2D eigenvalue weighted by atomic mass is 10.1. The maximum Gasteiger partial charge on any atom is 0.157 e. The molecule has 2 aromatic heterocycles. The number of hydrogen-bond donors (Lipinski definition) is 1. The van der Waals surface area contributed by atoms with Crippen LogP contribution in [-0.2, 0) is 0 Å². The van der Waals surface area contributed by atoms with Crippen molar-refractivity contribution in [3.05, 3.63) is 60.6 Å². The van der Waals surface area contributed by atoms with Gasteiger partial charge in [-0.05, 0) is 19.1 Å². The monoisotopic (exact) mass is 250 g/mol. The van der Waals surface area contributed by atoms with Crippen LogP contribution in [0.3, 0.4) is 0 Å². The number of pyridine rings is 1. The molecule has 0 aliphatic carbocycles. The lowest BCUT2D eigenvalue weighted by Gasteiger charge is -2.14. The molecule has 4 heteroatoms. The molecule has 0 aliphatic rings. The molecule has 0 amide bonds. The fourth-order valence-corrected chi connectivity index (χ4v) is 2.05. The van der Waals surface area contributed by atoms with Gasteiger partial charge < -0.3 is 5.32 Å². The zero-order valence-electron chi connectivity index (χ0n) is 10.6. The van der Waals surface area contributed by atoms with Crippen LogP contribution in [0, 0.1) is 0 Å². The van der Waals surface area contributed by atoms with Crippen molar-refractivity contribution in [3.8, 4) is 0 Å². The fourth-order valence-electron chi connectivity index (χ4n) is 2.05. The third-order valence-electron chi connectivity index (χ3n) is 3.06. The molecule has 1 unspecified atom stereocenters. The van der Waals surface area contributed by atoms with Crippen LogP contribution in [0.25, 0.3) is 10.8 Å². The average molecular weight is 250 g/mol. The SMILES string of the molecule is CC(Nc1nncc2ccccc12)c1ccccn1. The molecule has 1 aromatic carbocycles. The Labute approximate surface area is 111 Å². The fraction of sp³-hybridized carbons (Fsp3) is 0.133. The predicted molar refractivity (Wildman–Crippen MR) is 75.8 cm³/mol. The number of nitrogens with one attached hydrogen (secondary N) is 1. The van der Waals surface area contributed by atoms with Crippen LogP contribution in [0.1, 0.15) is 18.7 Å². The molecule has 0 saturated heterocycles. The van der Waals surface area contributed by atoms with E-state index in [0.717, 1.165) is 22.3 Å². The molecule has 0 radical (unpaired) electrons. The molecule has 4 nitrogen and oxygen atoms in total. The number of fused-ring (bicyclic) bond motifs is 1. The van der Waals surface area contributed by atoms with E-state index in [0.29, 0.717) is 0 Å². The van der Waals surface area contributed by atoms with Gasteiger partial charge in [-0.15, -0.1) is 5.10 Å². The Hall–Kier alpha value is -2.49. The first-order valence-electron chi connectivity index (χ1n) is 6.22. The maximum absolute atomic E-state index is 4.34. The number of anilines is 1. The van der Waals surface area contributed by atoms with Gasteiger partial charge in [-0.3, -0.25) is 4.98 Å². The Morgan fingerprint density at radius 1 is 1.05 bits per heavy atom. The average Bonchev–Trinajstić information content (AvgIpc) is 2.48. The summed E-state index contributed by atoms with van der Waals surface area (Å²) < 4.78 is 0. The molecule has 1 atom stereocenters. The minimum atomic E-state index is 0.0845. The van der Waals surface area contributed by atoms with E-state index in [-0.39, 0.29) is 6.04 Å². The van der Waals surface area contributed by atoms with Crippen molar-refractivity contribution >= 4 is 16.6 Å². The summed E-state index contributed by atoms with van der Waals surface area (Å²) in [6.45, 7) is 2.06. The predicted octanol–water partition coefficient (Wildman–Crippen LogP) is 3.20. The summed E-state index contributed by atoms with van der Waals surface area (Å²) in [6, 6.07) is 14.0. The highest BCUT2D eigenvalue weighted by atomic mass is 15.2. The topological polar surface area (TPSA) is 50.7 Å². The van der Waals surface area contributed by atoms with Crippen LogP contribution in [0.4, 0.5) is 5.82 Å². The largest absolute Gasteiger partial charge is 0.360 e. The van der Waals surface area contributed by atoms with Crippen molar-refractivity contribution in [1.82, 2.24) is 15.2 Å². The van der Waals surface area contributed by atoms with E-state index in [1.807, 2.05) is 42.5 Å². The lowest BCUT2D eigenvalue weighted by molar-refractivity contribution is 0.826.